The summed E-state index contributed by atoms with van der Waals surface area (Å²) < 4.78 is 13.1. The molecule has 3 rings (SSSR count). The molecule has 1 aromatic carbocycles. The van der Waals surface area contributed by atoms with Crippen molar-refractivity contribution in [3.05, 3.63) is 58.6 Å². The second-order valence-corrected chi connectivity index (χ2v) is 4.69. The Kier molecular flexibility index (Phi) is 2.91. The lowest BCUT2D eigenvalue weighted by Crippen LogP contribution is -2.02. The Morgan fingerprint density at radius 1 is 1.35 bits per heavy atom. The van der Waals surface area contributed by atoms with E-state index in [0.29, 0.717) is 27.2 Å². The molecule has 0 aliphatic carbocycles. The van der Waals surface area contributed by atoms with Crippen molar-refractivity contribution in [1.29, 1.82) is 0 Å². The molecule has 6 heteroatoms. The number of hydrogen-bond acceptors (Lipinski definition) is 3. The van der Waals surface area contributed by atoms with Crippen LogP contribution in [0.2, 0.25) is 5.02 Å². The number of aromatic amines is 1. The van der Waals surface area contributed by atoms with Crippen molar-refractivity contribution in [2.24, 2.45) is 0 Å². The molecular formula is C14H9ClFN3O. The molecule has 0 unspecified atom stereocenters. The highest BCUT2D eigenvalue weighted by Gasteiger charge is 2.17. The van der Waals surface area contributed by atoms with Crippen molar-refractivity contribution in [2.45, 2.75) is 0 Å². The lowest BCUT2D eigenvalue weighted by atomic mass is 10.0. The number of fused-ring (bicyclic) bond motifs is 1. The summed E-state index contributed by atoms with van der Waals surface area (Å²) in [5.41, 5.74) is 6.61. The van der Waals surface area contributed by atoms with Crippen molar-refractivity contribution in [2.75, 3.05) is 5.73 Å². The minimum Gasteiger partial charge on any atom is -0.396 e. The zero-order valence-electron chi connectivity index (χ0n) is 10.2. The number of anilines is 1. The lowest BCUT2D eigenvalue weighted by Gasteiger charge is -2.03. The number of aromatic nitrogens is 2. The maximum absolute atomic E-state index is 13.1. The number of pyridine rings is 1. The third kappa shape index (κ3) is 1.92. The van der Waals surface area contributed by atoms with E-state index in [1.54, 1.807) is 12.3 Å². The van der Waals surface area contributed by atoms with Gasteiger partial charge < -0.3 is 10.7 Å². The van der Waals surface area contributed by atoms with Gasteiger partial charge in [-0.3, -0.25) is 4.79 Å². The van der Waals surface area contributed by atoms with Gasteiger partial charge in [-0.25, -0.2) is 9.37 Å². The summed E-state index contributed by atoms with van der Waals surface area (Å²) in [6.45, 7) is 0. The Balaban J connectivity index is 2.15. The van der Waals surface area contributed by atoms with Gasteiger partial charge in [0.2, 0.25) is 0 Å². The Morgan fingerprint density at radius 3 is 2.90 bits per heavy atom. The zero-order valence-corrected chi connectivity index (χ0v) is 10.9. The number of nitrogen functional groups attached to an aromatic ring is 1. The highest BCUT2D eigenvalue weighted by Crippen LogP contribution is 2.27. The first kappa shape index (κ1) is 12.6. The van der Waals surface area contributed by atoms with Crippen molar-refractivity contribution in [3.8, 4) is 0 Å². The fourth-order valence-electron chi connectivity index (χ4n) is 2.04. The van der Waals surface area contributed by atoms with Crippen LogP contribution in [0.4, 0.5) is 10.1 Å². The third-order valence-electron chi connectivity index (χ3n) is 3.03. The van der Waals surface area contributed by atoms with E-state index in [9.17, 15) is 9.18 Å². The molecule has 0 saturated heterocycles. The zero-order chi connectivity index (χ0) is 14.3. The van der Waals surface area contributed by atoms with Crippen LogP contribution in [-0.4, -0.2) is 15.8 Å². The van der Waals surface area contributed by atoms with E-state index in [0.717, 1.165) is 6.07 Å². The minimum absolute atomic E-state index is 0.0695. The second-order valence-electron chi connectivity index (χ2n) is 4.28. The molecule has 3 aromatic rings. The molecule has 0 radical (unpaired) electrons. The summed E-state index contributed by atoms with van der Waals surface area (Å²) in [7, 11) is 0. The van der Waals surface area contributed by atoms with Crippen LogP contribution in [0.3, 0.4) is 0 Å². The van der Waals surface area contributed by atoms with Crippen molar-refractivity contribution >= 4 is 34.1 Å². The molecule has 20 heavy (non-hydrogen) atoms. The van der Waals surface area contributed by atoms with Crippen LogP contribution < -0.4 is 5.73 Å². The predicted molar refractivity (Wildman–Crippen MR) is 75.3 cm³/mol. The van der Waals surface area contributed by atoms with Crippen LogP contribution >= 0.6 is 11.6 Å². The monoisotopic (exact) mass is 289 g/mol. The Morgan fingerprint density at radius 2 is 2.15 bits per heavy atom. The number of nitrogens with zero attached hydrogens (tertiary/aromatic N) is 1. The van der Waals surface area contributed by atoms with Crippen LogP contribution in [0.1, 0.15) is 15.9 Å². The molecule has 4 nitrogen and oxygen atoms in total. The van der Waals surface area contributed by atoms with Gasteiger partial charge in [-0.2, -0.15) is 0 Å². The van der Waals surface area contributed by atoms with E-state index in [2.05, 4.69) is 9.97 Å². The quantitative estimate of drug-likeness (QED) is 0.562. The first-order valence-corrected chi connectivity index (χ1v) is 6.17. The van der Waals surface area contributed by atoms with Crippen LogP contribution in [0.15, 0.2) is 36.7 Å². The second kappa shape index (κ2) is 4.61. The normalized spacial score (nSPS) is 10.9. The van der Waals surface area contributed by atoms with Crippen LogP contribution in [0, 0.1) is 5.82 Å². The van der Waals surface area contributed by atoms with Gasteiger partial charge in [-0.15, -0.1) is 0 Å². The molecule has 2 aromatic heterocycles. The average Bonchev–Trinajstić information content (AvgIpc) is 2.86. The molecule has 0 aliphatic heterocycles. The van der Waals surface area contributed by atoms with Crippen molar-refractivity contribution < 1.29 is 9.18 Å². The lowest BCUT2D eigenvalue weighted by molar-refractivity contribution is 0.104. The van der Waals surface area contributed by atoms with Crippen molar-refractivity contribution in [3.63, 3.8) is 0 Å². The van der Waals surface area contributed by atoms with E-state index in [4.69, 9.17) is 17.3 Å². The summed E-state index contributed by atoms with van der Waals surface area (Å²) in [5.74, 6) is -0.849. The fraction of sp³-hybridized carbons (Fsp3) is 0. The van der Waals surface area contributed by atoms with Crippen LogP contribution in [0.5, 0.6) is 0 Å². The summed E-state index contributed by atoms with van der Waals surface area (Å²) in [4.78, 5) is 19.4. The molecule has 0 aliphatic rings. The first-order valence-electron chi connectivity index (χ1n) is 5.79. The van der Waals surface area contributed by atoms with E-state index in [-0.39, 0.29) is 11.5 Å². The Labute approximate surface area is 118 Å². The topological polar surface area (TPSA) is 71.8 Å². The highest BCUT2D eigenvalue weighted by atomic mass is 35.5. The van der Waals surface area contributed by atoms with Crippen LogP contribution in [-0.2, 0) is 0 Å². The maximum Gasteiger partial charge on any atom is 0.195 e. The molecule has 3 N–H and O–H groups in total. The summed E-state index contributed by atoms with van der Waals surface area (Å²) >= 11 is 6.09. The third-order valence-corrected chi connectivity index (χ3v) is 3.34. The molecule has 0 spiro atoms. The van der Waals surface area contributed by atoms with Gasteiger partial charge in [0, 0.05) is 23.3 Å². The van der Waals surface area contributed by atoms with Gasteiger partial charge in [-0.1, -0.05) is 11.6 Å². The highest BCUT2D eigenvalue weighted by molar-refractivity contribution is 6.37. The standard InChI is InChI=1S/C14H9ClFN3O/c15-9-3-4-18-14-12(9)8(6-19-14)13(20)7-1-2-10(16)11(17)5-7/h1-6H,17H2,(H,18,19). The summed E-state index contributed by atoms with van der Waals surface area (Å²) in [5, 5.41) is 0.969. The van der Waals surface area contributed by atoms with Crippen LogP contribution in [0.25, 0.3) is 11.0 Å². The number of nitrogens with one attached hydrogen (secondary N) is 1. The largest absolute Gasteiger partial charge is 0.396 e. The molecule has 0 atom stereocenters. The number of carbonyl (C=O) groups excluding carboxylic acids is 1. The SMILES string of the molecule is Nc1cc(C(=O)c2c[nH]c3nccc(Cl)c23)ccc1F. The van der Waals surface area contributed by atoms with Gasteiger partial charge in [0.1, 0.15) is 11.5 Å². The molecule has 2 heterocycles. The summed E-state index contributed by atoms with van der Waals surface area (Å²) in [6.07, 6.45) is 3.08. The van der Waals surface area contributed by atoms with E-state index < -0.39 is 5.82 Å². The number of benzene rings is 1. The molecule has 0 amide bonds. The molecular weight excluding hydrogens is 281 g/mol. The van der Waals surface area contributed by atoms with Gasteiger partial charge in [0.15, 0.2) is 5.78 Å². The minimum atomic E-state index is -0.555. The number of halogens is 2. The number of hydrogen-bond donors (Lipinski definition) is 2. The van der Waals surface area contributed by atoms with E-state index in [1.165, 1.54) is 18.3 Å². The molecule has 0 fully saturated rings. The number of ketones is 1. The number of rotatable bonds is 2. The van der Waals surface area contributed by atoms with Gasteiger partial charge >= 0.3 is 0 Å². The number of nitrogens with two attached hydrogens (primary N) is 1. The Bertz CT molecular complexity index is 828. The number of carbonyl (C=O) groups is 1. The Hall–Kier alpha value is -2.40. The average molecular weight is 290 g/mol. The first-order chi connectivity index (χ1) is 9.58. The predicted octanol–water partition coefficient (Wildman–Crippen LogP) is 3.17. The van der Waals surface area contributed by atoms with E-state index in [1.807, 2.05) is 0 Å². The molecule has 0 saturated carbocycles. The smallest absolute Gasteiger partial charge is 0.195 e. The summed E-state index contributed by atoms with van der Waals surface area (Å²) in [6, 6.07) is 5.46. The van der Waals surface area contributed by atoms with Gasteiger partial charge in [0.05, 0.1) is 16.3 Å². The number of H-pyrrole nitrogens is 1. The maximum atomic E-state index is 13.1. The van der Waals surface area contributed by atoms with Gasteiger partial charge in [0.25, 0.3) is 0 Å². The van der Waals surface area contributed by atoms with E-state index >= 15 is 0 Å². The van der Waals surface area contributed by atoms with Gasteiger partial charge in [-0.05, 0) is 24.3 Å². The molecule has 0 bridgehead atoms. The van der Waals surface area contributed by atoms with Crippen molar-refractivity contribution in [1.82, 2.24) is 9.97 Å². The fourth-order valence-corrected chi connectivity index (χ4v) is 2.28. The molecule has 100 valence electrons.